The molecule has 0 aliphatic heterocycles. The van der Waals surface area contributed by atoms with Crippen LogP contribution in [0.25, 0.3) is 94.7 Å². The van der Waals surface area contributed by atoms with Crippen LogP contribution < -0.4 is 0 Å². The molecule has 0 unspecified atom stereocenters. The smallest absolute Gasteiger partial charge is 0.0541 e. The zero-order chi connectivity index (χ0) is 37.0. The zero-order valence-corrected chi connectivity index (χ0v) is 30.9. The van der Waals surface area contributed by atoms with Crippen LogP contribution in [0.5, 0.6) is 0 Å². The molecule has 11 rings (SSSR count). The van der Waals surface area contributed by atoms with Gasteiger partial charge in [0.2, 0.25) is 0 Å². The van der Waals surface area contributed by atoms with Gasteiger partial charge >= 0.3 is 0 Å². The fourth-order valence-corrected chi connectivity index (χ4v) is 8.89. The number of fused-ring (bicyclic) bond motifs is 6. The van der Waals surface area contributed by atoms with Gasteiger partial charge in [0.25, 0.3) is 0 Å². The van der Waals surface area contributed by atoms with Crippen molar-refractivity contribution in [1.82, 2.24) is 9.13 Å². The molecule has 0 N–H and O–H groups in total. The van der Waals surface area contributed by atoms with Crippen LogP contribution in [0.1, 0.15) is 17.7 Å². The molecule has 10 aromatic rings. The number of allylic oxidation sites excluding steroid dienone is 1. The minimum atomic E-state index is 1.03. The average molecular weight is 715 g/mol. The predicted molar refractivity (Wildman–Crippen MR) is 237 cm³/mol. The van der Waals surface area contributed by atoms with Gasteiger partial charge in [-0.1, -0.05) is 146 Å². The van der Waals surface area contributed by atoms with E-state index in [2.05, 4.69) is 215 Å². The largest absolute Gasteiger partial charge is 0.313 e. The molecule has 0 amide bonds. The number of rotatable bonds is 6. The van der Waals surface area contributed by atoms with Crippen molar-refractivity contribution in [2.45, 2.75) is 12.8 Å². The lowest BCUT2D eigenvalue weighted by Crippen LogP contribution is -2.02. The van der Waals surface area contributed by atoms with Crippen LogP contribution in [0.15, 0.2) is 200 Å². The highest BCUT2D eigenvalue weighted by molar-refractivity contribution is 6.11. The van der Waals surface area contributed by atoms with Gasteiger partial charge in [-0.25, -0.2) is 0 Å². The molecule has 2 heterocycles. The molecule has 1 aliphatic rings. The standard InChI is InChI=1S/C54H38N2/c1-3-13-37(14-4-1)39-25-29-45(30-26-39)55-51-23-9-7-21-47(51)49-35-43(27-31-53(49)55)44-28-32-54-50(36-44)48-22-8-10-24-52(48)56(54)46-20-12-19-42(34-46)41-18-11-17-40(33-41)38-15-5-2-6-16-38/h1-8,10-22,24-36H,9,23H2. The van der Waals surface area contributed by atoms with Crippen molar-refractivity contribution < 1.29 is 0 Å². The van der Waals surface area contributed by atoms with Crippen LogP contribution in [-0.2, 0) is 6.42 Å². The minimum Gasteiger partial charge on any atom is -0.313 e. The van der Waals surface area contributed by atoms with Crippen molar-refractivity contribution in [3.05, 3.63) is 211 Å². The van der Waals surface area contributed by atoms with E-state index in [9.17, 15) is 0 Å². The third-order valence-corrected chi connectivity index (χ3v) is 11.6. The molecule has 0 bridgehead atoms. The van der Waals surface area contributed by atoms with E-state index < -0.39 is 0 Å². The SMILES string of the molecule is C1=Cc2c(n(-c3ccc(-c4ccccc4)cc3)c3ccc(-c4ccc5c(c4)c4ccccc4n5-c4cccc(-c5cccc(-c6ccccc6)c5)c4)cc23)CC1. The Balaban J connectivity index is 0.999. The van der Waals surface area contributed by atoms with Crippen molar-refractivity contribution in [2.24, 2.45) is 0 Å². The highest BCUT2D eigenvalue weighted by Crippen LogP contribution is 2.40. The Morgan fingerprint density at radius 3 is 1.59 bits per heavy atom. The Bertz CT molecular complexity index is 3110. The second-order valence-corrected chi connectivity index (χ2v) is 14.9. The van der Waals surface area contributed by atoms with E-state index in [1.165, 1.54) is 94.2 Å². The molecule has 56 heavy (non-hydrogen) atoms. The molecule has 0 saturated heterocycles. The third-order valence-electron chi connectivity index (χ3n) is 11.6. The highest BCUT2D eigenvalue weighted by atomic mass is 15.0. The molecule has 2 aromatic heterocycles. The quantitative estimate of drug-likeness (QED) is 0.162. The van der Waals surface area contributed by atoms with Crippen LogP contribution in [0, 0.1) is 0 Å². The Morgan fingerprint density at radius 2 is 0.839 bits per heavy atom. The second kappa shape index (κ2) is 13.3. The molecule has 264 valence electrons. The summed E-state index contributed by atoms with van der Waals surface area (Å²) in [5.74, 6) is 0. The number of benzene rings is 8. The molecule has 0 saturated carbocycles. The first-order valence-electron chi connectivity index (χ1n) is 19.6. The summed E-state index contributed by atoms with van der Waals surface area (Å²) in [4.78, 5) is 0. The molecule has 1 aliphatic carbocycles. The number of aromatic nitrogens is 2. The normalized spacial score (nSPS) is 12.4. The number of nitrogens with zero attached hydrogens (tertiary/aromatic N) is 2. The summed E-state index contributed by atoms with van der Waals surface area (Å²) in [6.45, 7) is 0. The van der Waals surface area contributed by atoms with Gasteiger partial charge in [0.1, 0.15) is 0 Å². The molecule has 2 nitrogen and oxygen atoms in total. The Morgan fingerprint density at radius 1 is 0.321 bits per heavy atom. The van der Waals surface area contributed by atoms with Gasteiger partial charge in [-0.15, -0.1) is 0 Å². The van der Waals surface area contributed by atoms with E-state index in [1.807, 2.05) is 0 Å². The van der Waals surface area contributed by atoms with Crippen LogP contribution in [-0.4, -0.2) is 9.13 Å². The maximum absolute atomic E-state index is 2.48. The average Bonchev–Trinajstić information content (AvgIpc) is 3.79. The monoisotopic (exact) mass is 714 g/mol. The fraction of sp³-hybridized carbons (Fsp3) is 0.0370. The van der Waals surface area contributed by atoms with Gasteiger partial charge in [0.05, 0.1) is 16.6 Å². The molecule has 0 spiro atoms. The Labute approximate surface area is 326 Å². The summed E-state index contributed by atoms with van der Waals surface area (Å²) < 4.78 is 4.90. The second-order valence-electron chi connectivity index (χ2n) is 14.9. The maximum Gasteiger partial charge on any atom is 0.0541 e. The first-order chi connectivity index (χ1) is 27.8. The molecule has 2 heteroatoms. The van der Waals surface area contributed by atoms with E-state index in [-0.39, 0.29) is 0 Å². The lowest BCUT2D eigenvalue weighted by atomic mass is 9.98. The lowest BCUT2D eigenvalue weighted by Gasteiger charge is -2.14. The number of para-hydroxylation sites is 1. The Hall–Kier alpha value is -7.16. The highest BCUT2D eigenvalue weighted by Gasteiger charge is 2.20. The summed E-state index contributed by atoms with van der Waals surface area (Å²) in [5.41, 5.74) is 18.6. The first-order valence-corrected chi connectivity index (χ1v) is 19.6. The lowest BCUT2D eigenvalue weighted by molar-refractivity contribution is 0.888. The zero-order valence-electron chi connectivity index (χ0n) is 30.9. The summed E-state index contributed by atoms with van der Waals surface area (Å²) in [7, 11) is 0. The van der Waals surface area contributed by atoms with Crippen LogP contribution in [0.4, 0.5) is 0 Å². The Kier molecular flexibility index (Phi) is 7.67. The molecule has 0 fully saturated rings. The molecule has 8 aromatic carbocycles. The molecule has 0 atom stereocenters. The first kappa shape index (κ1) is 32.3. The van der Waals surface area contributed by atoms with E-state index in [0.717, 1.165) is 18.5 Å². The molecular weight excluding hydrogens is 677 g/mol. The van der Waals surface area contributed by atoms with E-state index in [0.29, 0.717) is 0 Å². The van der Waals surface area contributed by atoms with Gasteiger partial charge < -0.3 is 9.13 Å². The summed E-state index contributed by atoms with van der Waals surface area (Å²) >= 11 is 0. The van der Waals surface area contributed by atoms with Crippen LogP contribution in [0.2, 0.25) is 0 Å². The van der Waals surface area contributed by atoms with E-state index in [4.69, 9.17) is 0 Å². The summed E-state index contributed by atoms with van der Waals surface area (Å²) in [6.07, 6.45) is 6.75. The van der Waals surface area contributed by atoms with Crippen molar-refractivity contribution in [1.29, 1.82) is 0 Å². The minimum absolute atomic E-state index is 1.03. The fourth-order valence-electron chi connectivity index (χ4n) is 8.89. The van der Waals surface area contributed by atoms with Gasteiger partial charge in [-0.05, 0) is 118 Å². The van der Waals surface area contributed by atoms with Crippen molar-refractivity contribution in [2.75, 3.05) is 0 Å². The molecular formula is C54H38N2. The predicted octanol–water partition coefficient (Wildman–Crippen LogP) is 14.4. The summed E-state index contributed by atoms with van der Waals surface area (Å²) in [5, 5.41) is 3.82. The van der Waals surface area contributed by atoms with Gasteiger partial charge in [-0.2, -0.15) is 0 Å². The van der Waals surface area contributed by atoms with Crippen molar-refractivity contribution in [3.8, 4) is 55.9 Å². The van der Waals surface area contributed by atoms with Crippen molar-refractivity contribution >= 4 is 38.8 Å². The van der Waals surface area contributed by atoms with E-state index in [1.54, 1.807) is 0 Å². The van der Waals surface area contributed by atoms with Crippen LogP contribution >= 0.6 is 0 Å². The third kappa shape index (κ3) is 5.41. The van der Waals surface area contributed by atoms with Gasteiger partial charge in [0.15, 0.2) is 0 Å². The number of hydrogen-bond donors (Lipinski definition) is 0. The van der Waals surface area contributed by atoms with Gasteiger partial charge in [0, 0.05) is 38.8 Å². The van der Waals surface area contributed by atoms with Gasteiger partial charge in [-0.3, -0.25) is 0 Å². The number of hydrogen-bond acceptors (Lipinski definition) is 0. The van der Waals surface area contributed by atoms with E-state index >= 15 is 0 Å². The topological polar surface area (TPSA) is 9.86 Å². The van der Waals surface area contributed by atoms with Crippen molar-refractivity contribution in [3.63, 3.8) is 0 Å². The van der Waals surface area contributed by atoms with Crippen LogP contribution in [0.3, 0.4) is 0 Å². The molecule has 0 radical (unpaired) electrons. The maximum atomic E-state index is 2.48. The summed E-state index contributed by atoms with van der Waals surface area (Å²) in [6, 6.07) is 71.0.